The maximum absolute atomic E-state index is 13.0. The van der Waals surface area contributed by atoms with Crippen LogP contribution in [0.5, 0.6) is 0 Å². The van der Waals surface area contributed by atoms with E-state index < -0.39 is 17.4 Å². The number of carbonyl (C=O) groups excluding carboxylic acids is 1. The van der Waals surface area contributed by atoms with Gasteiger partial charge in [0.1, 0.15) is 5.82 Å². The van der Waals surface area contributed by atoms with Gasteiger partial charge in [-0.25, -0.2) is 9.18 Å². The summed E-state index contributed by atoms with van der Waals surface area (Å²) < 4.78 is 13.6. The van der Waals surface area contributed by atoms with Gasteiger partial charge in [0.15, 0.2) is 0 Å². The first-order valence-electron chi connectivity index (χ1n) is 5.49. The Hall–Kier alpha value is -1.14. The Morgan fingerprint density at radius 3 is 2.78 bits per heavy atom. The molecule has 3 N–H and O–H groups in total. The number of benzene rings is 1. The van der Waals surface area contributed by atoms with Crippen molar-refractivity contribution in [2.24, 2.45) is 0 Å². The minimum Gasteiger partial charge on any atom is -0.396 e. The molecule has 1 aromatic rings. The number of nitrogens with one attached hydrogen (secondary N) is 2. The number of aliphatic hydroxyl groups is 1. The number of hydrogen-bond donors (Lipinski definition) is 3. The van der Waals surface area contributed by atoms with Crippen LogP contribution in [0, 0.1) is 5.82 Å². The zero-order chi connectivity index (χ0) is 13.8. The lowest BCUT2D eigenvalue weighted by molar-refractivity contribution is 0.218. The molecule has 0 aliphatic carbocycles. The minimum absolute atomic E-state index is 0.0169. The quantitative estimate of drug-likeness (QED) is 0.799. The molecule has 0 radical (unpaired) electrons. The lowest BCUT2D eigenvalue weighted by atomic mass is 10.0. The van der Waals surface area contributed by atoms with E-state index in [0.29, 0.717) is 16.6 Å². The fourth-order valence-corrected chi connectivity index (χ4v) is 1.74. The van der Waals surface area contributed by atoms with Gasteiger partial charge in [0.2, 0.25) is 0 Å². The SMILES string of the molecule is CC(C)(CCO)NC(=O)Nc1cc(F)ccc1Br. The average Bonchev–Trinajstić information content (AvgIpc) is 2.22. The fraction of sp³-hybridized carbons (Fsp3) is 0.417. The first kappa shape index (κ1) is 14.9. The summed E-state index contributed by atoms with van der Waals surface area (Å²) in [6.45, 7) is 3.57. The molecule has 0 saturated heterocycles. The zero-order valence-corrected chi connectivity index (χ0v) is 11.8. The molecule has 0 bridgehead atoms. The maximum atomic E-state index is 13.0. The number of hydrogen-bond acceptors (Lipinski definition) is 2. The molecule has 0 spiro atoms. The fourth-order valence-electron chi connectivity index (χ4n) is 1.40. The van der Waals surface area contributed by atoms with Gasteiger partial charge >= 0.3 is 6.03 Å². The molecule has 1 rings (SSSR count). The topological polar surface area (TPSA) is 61.4 Å². The van der Waals surface area contributed by atoms with Crippen molar-refractivity contribution >= 4 is 27.6 Å². The lowest BCUT2D eigenvalue weighted by Crippen LogP contribution is -2.46. The largest absolute Gasteiger partial charge is 0.396 e. The Morgan fingerprint density at radius 2 is 2.17 bits per heavy atom. The van der Waals surface area contributed by atoms with Gasteiger partial charge in [-0.3, -0.25) is 0 Å². The van der Waals surface area contributed by atoms with E-state index in [9.17, 15) is 9.18 Å². The van der Waals surface area contributed by atoms with Crippen molar-refractivity contribution in [2.75, 3.05) is 11.9 Å². The van der Waals surface area contributed by atoms with E-state index >= 15 is 0 Å². The number of halogens is 2. The van der Waals surface area contributed by atoms with E-state index in [-0.39, 0.29) is 6.61 Å². The number of amides is 2. The van der Waals surface area contributed by atoms with Gasteiger partial charge in [-0.05, 0) is 54.4 Å². The van der Waals surface area contributed by atoms with Gasteiger partial charge in [-0.15, -0.1) is 0 Å². The van der Waals surface area contributed by atoms with Crippen LogP contribution in [-0.4, -0.2) is 23.3 Å². The van der Waals surface area contributed by atoms with Crippen LogP contribution in [0.15, 0.2) is 22.7 Å². The molecule has 2 amide bonds. The number of rotatable bonds is 4. The summed E-state index contributed by atoms with van der Waals surface area (Å²) in [6, 6.07) is 3.59. The summed E-state index contributed by atoms with van der Waals surface area (Å²) in [5.74, 6) is -0.428. The molecule has 18 heavy (non-hydrogen) atoms. The third-order valence-corrected chi connectivity index (χ3v) is 3.06. The van der Waals surface area contributed by atoms with Crippen LogP contribution in [0.4, 0.5) is 14.9 Å². The highest BCUT2D eigenvalue weighted by Crippen LogP contribution is 2.23. The molecule has 0 aromatic heterocycles. The summed E-state index contributed by atoms with van der Waals surface area (Å²) in [6.07, 6.45) is 0.435. The molecule has 0 heterocycles. The first-order valence-corrected chi connectivity index (χ1v) is 6.28. The van der Waals surface area contributed by atoms with Crippen molar-refractivity contribution in [1.82, 2.24) is 5.32 Å². The third-order valence-electron chi connectivity index (χ3n) is 2.37. The zero-order valence-electron chi connectivity index (χ0n) is 10.3. The summed E-state index contributed by atoms with van der Waals surface area (Å²) in [7, 11) is 0. The van der Waals surface area contributed by atoms with Crippen LogP contribution in [0.1, 0.15) is 20.3 Å². The Kier molecular flexibility index (Phi) is 5.10. The molecule has 0 aliphatic rings. The molecule has 0 atom stereocenters. The molecule has 100 valence electrons. The predicted molar refractivity (Wildman–Crippen MR) is 72.0 cm³/mol. The van der Waals surface area contributed by atoms with Crippen molar-refractivity contribution in [3.8, 4) is 0 Å². The smallest absolute Gasteiger partial charge is 0.319 e. The monoisotopic (exact) mass is 318 g/mol. The van der Waals surface area contributed by atoms with E-state index in [2.05, 4.69) is 26.6 Å². The summed E-state index contributed by atoms with van der Waals surface area (Å²) in [5, 5.41) is 14.1. The predicted octanol–water partition coefficient (Wildman–Crippen LogP) is 2.87. The van der Waals surface area contributed by atoms with Crippen molar-refractivity contribution in [1.29, 1.82) is 0 Å². The van der Waals surface area contributed by atoms with E-state index in [0.717, 1.165) is 0 Å². The van der Waals surface area contributed by atoms with Gasteiger partial charge in [0, 0.05) is 16.6 Å². The molecular formula is C12H16BrFN2O2. The third kappa shape index (κ3) is 4.62. The van der Waals surface area contributed by atoms with E-state index in [1.165, 1.54) is 18.2 Å². The van der Waals surface area contributed by atoms with Crippen molar-refractivity contribution in [2.45, 2.75) is 25.8 Å². The van der Waals surface area contributed by atoms with Gasteiger partial charge in [0.25, 0.3) is 0 Å². The molecule has 0 unspecified atom stereocenters. The minimum atomic E-state index is -0.529. The van der Waals surface area contributed by atoms with Crippen LogP contribution < -0.4 is 10.6 Å². The van der Waals surface area contributed by atoms with Crippen molar-refractivity contribution in [3.05, 3.63) is 28.5 Å². The Morgan fingerprint density at radius 1 is 1.50 bits per heavy atom. The average molecular weight is 319 g/mol. The second-order valence-electron chi connectivity index (χ2n) is 4.56. The second kappa shape index (κ2) is 6.15. The normalized spacial score (nSPS) is 11.2. The van der Waals surface area contributed by atoms with E-state index in [1.54, 1.807) is 13.8 Å². The van der Waals surface area contributed by atoms with Crippen molar-refractivity contribution < 1.29 is 14.3 Å². The Bertz CT molecular complexity index is 438. The van der Waals surface area contributed by atoms with Crippen LogP contribution in [0.25, 0.3) is 0 Å². The van der Waals surface area contributed by atoms with Gasteiger partial charge < -0.3 is 15.7 Å². The van der Waals surface area contributed by atoms with Crippen LogP contribution in [0.3, 0.4) is 0 Å². The maximum Gasteiger partial charge on any atom is 0.319 e. The molecule has 4 nitrogen and oxygen atoms in total. The van der Waals surface area contributed by atoms with Crippen LogP contribution in [0.2, 0.25) is 0 Å². The van der Waals surface area contributed by atoms with Gasteiger partial charge in [-0.2, -0.15) is 0 Å². The van der Waals surface area contributed by atoms with Crippen molar-refractivity contribution in [3.63, 3.8) is 0 Å². The van der Waals surface area contributed by atoms with Crippen LogP contribution >= 0.6 is 15.9 Å². The highest BCUT2D eigenvalue weighted by Gasteiger charge is 2.20. The van der Waals surface area contributed by atoms with E-state index in [1.807, 2.05) is 0 Å². The summed E-state index contributed by atoms with van der Waals surface area (Å²) in [4.78, 5) is 11.7. The van der Waals surface area contributed by atoms with E-state index in [4.69, 9.17) is 5.11 Å². The van der Waals surface area contributed by atoms with Gasteiger partial charge in [-0.1, -0.05) is 0 Å². The Labute approximate surface area is 114 Å². The van der Waals surface area contributed by atoms with Crippen LogP contribution in [-0.2, 0) is 0 Å². The summed E-state index contributed by atoms with van der Waals surface area (Å²) in [5.41, 5.74) is -0.175. The molecule has 0 saturated carbocycles. The second-order valence-corrected chi connectivity index (χ2v) is 5.42. The molecule has 6 heteroatoms. The first-order chi connectivity index (χ1) is 8.34. The Balaban J connectivity index is 2.67. The lowest BCUT2D eigenvalue weighted by Gasteiger charge is -2.25. The number of carbonyl (C=O) groups is 1. The molecular weight excluding hydrogens is 303 g/mol. The number of aliphatic hydroxyl groups excluding tert-OH is 1. The number of anilines is 1. The molecule has 0 aliphatic heterocycles. The van der Waals surface area contributed by atoms with Gasteiger partial charge in [0.05, 0.1) is 5.69 Å². The molecule has 1 aromatic carbocycles. The number of urea groups is 1. The highest BCUT2D eigenvalue weighted by molar-refractivity contribution is 9.10. The standard InChI is InChI=1S/C12H16BrFN2O2/c1-12(2,5-6-17)16-11(18)15-10-7-8(14)3-4-9(10)13/h3-4,7,17H,5-6H2,1-2H3,(H2,15,16,18). The molecule has 0 fully saturated rings. The highest BCUT2D eigenvalue weighted by atomic mass is 79.9. The summed E-state index contributed by atoms with van der Waals surface area (Å²) >= 11 is 3.22.